The number of carbonyl (C=O) groups is 2. The Hall–Kier alpha value is -3.87. The fourth-order valence-electron chi connectivity index (χ4n) is 3.47. The van der Waals surface area contributed by atoms with Gasteiger partial charge in [-0.1, -0.05) is 24.3 Å². The maximum atomic E-state index is 12.5. The van der Waals surface area contributed by atoms with Crippen molar-refractivity contribution in [2.75, 3.05) is 15.5 Å². The molecule has 4 rings (SSSR count). The number of para-hydroxylation sites is 1. The van der Waals surface area contributed by atoms with Gasteiger partial charge in [0.25, 0.3) is 5.91 Å². The number of nitrogens with one attached hydrogen (secondary N) is 2. The number of amides is 2. The summed E-state index contributed by atoms with van der Waals surface area (Å²) < 4.78 is 0. The number of anilines is 5. The fraction of sp³-hybridized carbons (Fsp3) is 0.174. The van der Waals surface area contributed by atoms with Gasteiger partial charge in [0.15, 0.2) is 0 Å². The summed E-state index contributed by atoms with van der Waals surface area (Å²) in [5, 5.41) is 5.93. The lowest BCUT2D eigenvalue weighted by molar-refractivity contribution is -0.114. The number of aromatic nitrogens is 1. The molecule has 1 aliphatic carbocycles. The first-order valence-electron chi connectivity index (χ1n) is 9.80. The van der Waals surface area contributed by atoms with Crippen molar-refractivity contribution in [1.82, 2.24) is 4.98 Å². The molecule has 0 atom stereocenters. The van der Waals surface area contributed by atoms with Gasteiger partial charge in [0.05, 0.1) is 5.69 Å². The first-order chi connectivity index (χ1) is 14.5. The quantitative estimate of drug-likeness (QED) is 0.551. The Balaban J connectivity index is 1.74. The molecule has 1 saturated carbocycles. The molecule has 0 saturated heterocycles. The second kappa shape index (κ2) is 8.24. The summed E-state index contributed by atoms with van der Waals surface area (Å²) in [5.41, 5.74) is 9.20. The largest absolute Gasteiger partial charge is 0.365 e. The number of hydrogen-bond donors (Lipinski definition) is 3. The molecule has 30 heavy (non-hydrogen) atoms. The van der Waals surface area contributed by atoms with E-state index < -0.39 is 5.91 Å². The highest BCUT2D eigenvalue weighted by Crippen LogP contribution is 2.41. The van der Waals surface area contributed by atoms with Gasteiger partial charge in [-0.2, -0.15) is 0 Å². The van der Waals surface area contributed by atoms with Crippen LogP contribution in [-0.4, -0.2) is 22.8 Å². The average molecular weight is 401 g/mol. The van der Waals surface area contributed by atoms with Crippen LogP contribution in [0.3, 0.4) is 0 Å². The summed E-state index contributed by atoms with van der Waals surface area (Å²) in [6.07, 6.45) is 3.77. The van der Waals surface area contributed by atoms with E-state index in [4.69, 9.17) is 5.73 Å². The van der Waals surface area contributed by atoms with Gasteiger partial charge in [0.2, 0.25) is 5.91 Å². The van der Waals surface area contributed by atoms with Crippen LogP contribution in [-0.2, 0) is 4.79 Å². The highest BCUT2D eigenvalue weighted by atomic mass is 16.1. The average Bonchev–Trinajstić information content (AvgIpc) is 3.54. The normalized spacial score (nSPS) is 12.8. The van der Waals surface area contributed by atoms with Crippen LogP contribution in [0, 0.1) is 0 Å². The molecule has 152 valence electrons. The third-order valence-corrected chi connectivity index (χ3v) is 4.83. The first kappa shape index (κ1) is 19.4. The minimum absolute atomic E-state index is 0.159. The Kier molecular flexibility index (Phi) is 5.34. The van der Waals surface area contributed by atoms with E-state index in [1.807, 2.05) is 48.5 Å². The van der Waals surface area contributed by atoms with Gasteiger partial charge in [-0.25, -0.2) is 4.98 Å². The molecule has 1 aromatic heterocycles. The van der Waals surface area contributed by atoms with Gasteiger partial charge in [-0.05, 0) is 49.2 Å². The number of rotatable bonds is 7. The molecule has 2 amide bonds. The van der Waals surface area contributed by atoms with Crippen molar-refractivity contribution in [2.45, 2.75) is 25.8 Å². The molecule has 1 fully saturated rings. The summed E-state index contributed by atoms with van der Waals surface area (Å²) in [6, 6.07) is 19.3. The molecular formula is C23H23N5O2. The molecule has 1 heterocycles. The number of nitrogens with two attached hydrogens (primary N) is 1. The zero-order valence-electron chi connectivity index (χ0n) is 16.6. The third kappa shape index (κ3) is 4.25. The fourth-order valence-corrected chi connectivity index (χ4v) is 3.47. The van der Waals surface area contributed by atoms with Crippen LogP contribution in [0.5, 0.6) is 0 Å². The molecule has 4 N–H and O–H groups in total. The van der Waals surface area contributed by atoms with Gasteiger partial charge < -0.3 is 21.3 Å². The van der Waals surface area contributed by atoms with Crippen LogP contribution in [0.15, 0.2) is 66.9 Å². The van der Waals surface area contributed by atoms with Crippen molar-refractivity contribution in [1.29, 1.82) is 0 Å². The van der Waals surface area contributed by atoms with Gasteiger partial charge >= 0.3 is 0 Å². The Morgan fingerprint density at radius 1 is 1.03 bits per heavy atom. The minimum atomic E-state index is -0.555. The van der Waals surface area contributed by atoms with Crippen LogP contribution in [0.1, 0.15) is 30.1 Å². The van der Waals surface area contributed by atoms with Crippen molar-refractivity contribution in [3.8, 4) is 0 Å². The van der Waals surface area contributed by atoms with E-state index in [1.54, 1.807) is 18.3 Å². The lowest BCUT2D eigenvalue weighted by Gasteiger charge is -2.27. The Morgan fingerprint density at radius 3 is 2.43 bits per heavy atom. The van der Waals surface area contributed by atoms with Gasteiger partial charge in [-0.15, -0.1) is 0 Å². The van der Waals surface area contributed by atoms with E-state index in [0.29, 0.717) is 28.8 Å². The molecule has 0 spiro atoms. The number of hydrogen-bond acceptors (Lipinski definition) is 5. The number of nitrogens with zero attached hydrogens (tertiary/aromatic N) is 2. The molecule has 7 heteroatoms. The molecule has 1 aliphatic rings. The van der Waals surface area contributed by atoms with Crippen molar-refractivity contribution in [2.24, 2.45) is 5.73 Å². The second-order valence-electron chi connectivity index (χ2n) is 7.24. The summed E-state index contributed by atoms with van der Waals surface area (Å²) in [4.78, 5) is 30.4. The number of benzene rings is 2. The Morgan fingerprint density at radius 2 is 1.77 bits per heavy atom. The Labute approximate surface area is 174 Å². The van der Waals surface area contributed by atoms with E-state index in [9.17, 15) is 9.59 Å². The van der Waals surface area contributed by atoms with Crippen LogP contribution >= 0.6 is 0 Å². The molecule has 2 aromatic carbocycles. The van der Waals surface area contributed by atoms with Gasteiger partial charge in [0.1, 0.15) is 11.4 Å². The summed E-state index contributed by atoms with van der Waals surface area (Å²) >= 11 is 0. The number of carbonyl (C=O) groups excluding carboxylic acids is 2. The summed E-state index contributed by atoms with van der Waals surface area (Å²) in [7, 11) is 0. The van der Waals surface area contributed by atoms with E-state index in [0.717, 1.165) is 24.2 Å². The van der Waals surface area contributed by atoms with Crippen LogP contribution in [0.4, 0.5) is 28.6 Å². The van der Waals surface area contributed by atoms with Crippen LogP contribution in [0.25, 0.3) is 0 Å². The molecule has 0 unspecified atom stereocenters. The molecule has 0 bridgehead atoms. The van der Waals surface area contributed by atoms with Crippen LogP contribution < -0.4 is 21.3 Å². The SMILES string of the molecule is CC(=O)Nc1cccc(Nc2nccc(N(c3ccccc3)C3CC3)c2C(N)=O)c1. The maximum Gasteiger partial charge on any atom is 0.254 e. The maximum absolute atomic E-state index is 12.5. The summed E-state index contributed by atoms with van der Waals surface area (Å²) in [5.74, 6) is -0.338. The standard InChI is InChI=1S/C23H23N5O2/c1-15(29)26-16-6-5-7-17(14-16)27-23-21(22(24)30)20(12-13-25-23)28(19-10-11-19)18-8-3-2-4-9-18/h2-9,12-14,19H,10-11H2,1H3,(H2,24,30)(H,25,27)(H,26,29). The molecular weight excluding hydrogens is 378 g/mol. The van der Waals surface area contributed by atoms with Gasteiger partial charge in [-0.3, -0.25) is 9.59 Å². The molecule has 7 nitrogen and oxygen atoms in total. The smallest absolute Gasteiger partial charge is 0.254 e. The van der Waals surface area contributed by atoms with E-state index in [1.165, 1.54) is 6.92 Å². The zero-order valence-corrected chi connectivity index (χ0v) is 16.6. The van der Waals surface area contributed by atoms with E-state index in [2.05, 4.69) is 20.5 Å². The summed E-state index contributed by atoms with van der Waals surface area (Å²) in [6.45, 7) is 1.45. The van der Waals surface area contributed by atoms with Crippen molar-refractivity contribution in [3.05, 3.63) is 72.4 Å². The molecule has 3 aromatic rings. The molecule has 0 aliphatic heterocycles. The monoisotopic (exact) mass is 401 g/mol. The lowest BCUT2D eigenvalue weighted by Crippen LogP contribution is -2.25. The first-order valence-corrected chi connectivity index (χ1v) is 9.80. The van der Waals surface area contributed by atoms with Gasteiger partial charge in [0, 0.05) is 36.2 Å². The molecule has 0 radical (unpaired) electrons. The third-order valence-electron chi connectivity index (χ3n) is 4.83. The number of pyridine rings is 1. The minimum Gasteiger partial charge on any atom is -0.365 e. The lowest BCUT2D eigenvalue weighted by atomic mass is 10.1. The predicted molar refractivity (Wildman–Crippen MR) is 118 cm³/mol. The zero-order chi connectivity index (χ0) is 21.1. The number of primary amides is 1. The van der Waals surface area contributed by atoms with E-state index in [-0.39, 0.29) is 5.91 Å². The van der Waals surface area contributed by atoms with E-state index >= 15 is 0 Å². The van der Waals surface area contributed by atoms with Crippen molar-refractivity contribution < 1.29 is 9.59 Å². The van der Waals surface area contributed by atoms with Crippen molar-refractivity contribution in [3.63, 3.8) is 0 Å². The predicted octanol–water partition coefficient (Wildman–Crippen LogP) is 4.18. The Bertz CT molecular complexity index is 1080. The highest BCUT2D eigenvalue weighted by Gasteiger charge is 2.33. The second-order valence-corrected chi connectivity index (χ2v) is 7.24. The van der Waals surface area contributed by atoms with Crippen LogP contribution in [0.2, 0.25) is 0 Å². The van der Waals surface area contributed by atoms with Crippen molar-refractivity contribution >= 4 is 40.4 Å². The highest BCUT2D eigenvalue weighted by molar-refractivity contribution is 6.04. The topological polar surface area (TPSA) is 100 Å².